The summed E-state index contributed by atoms with van der Waals surface area (Å²) in [5.74, 6) is -0.0862. The molecule has 0 atom stereocenters. The summed E-state index contributed by atoms with van der Waals surface area (Å²) >= 11 is 0. The largest absolute Gasteiger partial charge is 0.352 e. The van der Waals surface area contributed by atoms with Gasteiger partial charge in [-0.25, -0.2) is 0 Å². The van der Waals surface area contributed by atoms with Crippen LogP contribution in [0.15, 0.2) is 18.2 Å². The molecular weight excluding hydrogens is 220 g/mol. The average Bonchev–Trinajstić information content (AvgIpc) is 2.25. The van der Waals surface area contributed by atoms with E-state index in [0.29, 0.717) is 12.5 Å². The summed E-state index contributed by atoms with van der Waals surface area (Å²) in [5, 5.41) is 13.5. The Hall–Kier alpha value is -1.91. The lowest BCUT2D eigenvalue weighted by molar-refractivity contribution is -0.385. The summed E-state index contributed by atoms with van der Waals surface area (Å²) in [7, 11) is 0. The first-order valence-electron chi connectivity index (χ1n) is 5.45. The normalized spacial score (nSPS) is 10.4. The van der Waals surface area contributed by atoms with Crippen molar-refractivity contribution in [3.8, 4) is 0 Å². The van der Waals surface area contributed by atoms with E-state index in [2.05, 4.69) is 5.32 Å². The Morgan fingerprint density at radius 2 is 2.12 bits per heavy atom. The number of benzene rings is 1. The summed E-state index contributed by atoms with van der Waals surface area (Å²) in [5.41, 5.74) is 0.790. The second kappa shape index (κ2) is 5.43. The van der Waals surface area contributed by atoms with Gasteiger partial charge in [-0.2, -0.15) is 0 Å². The first-order chi connectivity index (χ1) is 7.91. The molecule has 0 saturated heterocycles. The topological polar surface area (TPSA) is 72.2 Å². The first-order valence-corrected chi connectivity index (χ1v) is 5.45. The van der Waals surface area contributed by atoms with E-state index >= 15 is 0 Å². The third-order valence-corrected chi connectivity index (χ3v) is 2.26. The van der Waals surface area contributed by atoms with Crippen LogP contribution in [0.2, 0.25) is 0 Å². The van der Waals surface area contributed by atoms with E-state index in [-0.39, 0.29) is 11.3 Å². The summed E-state index contributed by atoms with van der Waals surface area (Å²) in [4.78, 5) is 22.1. The molecule has 1 amide bonds. The minimum Gasteiger partial charge on any atom is -0.352 e. The Balaban J connectivity index is 2.98. The Morgan fingerprint density at radius 3 is 2.65 bits per heavy atom. The summed E-state index contributed by atoms with van der Waals surface area (Å²) in [6.45, 7) is 6.22. The van der Waals surface area contributed by atoms with Crippen molar-refractivity contribution in [3.63, 3.8) is 0 Å². The molecule has 1 N–H and O–H groups in total. The van der Waals surface area contributed by atoms with E-state index in [4.69, 9.17) is 0 Å². The molecule has 0 spiro atoms. The van der Waals surface area contributed by atoms with Crippen LogP contribution in [0, 0.1) is 23.0 Å². The molecule has 0 aliphatic rings. The van der Waals surface area contributed by atoms with Crippen molar-refractivity contribution < 1.29 is 9.72 Å². The number of nitrogens with zero attached hydrogens (tertiary/aromatic N) is 1. The van der Waals surface area contributed by atoms with Crippen molar-refractivity contribution in [2.75, 3.05) is 6.54 Å². The van der Waals surface area contributed by atoms with E-state index in [1.54, 1.807) is 13.0 Å². The molecule has 17 heavy (non-hydrogen) atoms. The van der Waals surface area contributed by atoms with Gasteiger partial charge in [-0.15, -0.1) is 0 Å². The van der Waals surface area contributed by atoms with Gasteiger partial charge in [0.1, 0.15) is 5.56 Å². The molecule has 0 heterocycles. The maximum absolute atomic E-state index is 11.8. The van der Waals surface area contributed by atoms with Crippen molar-refractivity contribution in [1.82, 2.24) is 5.32 Å². The van der Waals surface area contributed by atoms with Crippen LogP contribution in [0.25, 0.3) is 0 Å². The van der Waals surface area contributed by atoms with E-state index in [9.17, 15) is 14.9 Å². The highest BCUT2D eigenvalue weighted by Crippen LogP contribution is 2.19. The van der Waals surface area contributed by atoms with Gasteiger partial charge in [0, 0.05) is 12.6 Å². The van der Waals surface area contributed by atoms with Gasteiger partial charge in [0.2, 0.25) is 0 Å². The van der Waals surface area contributed by atoms with Crippen LogP contribution in [0.3, 0.4) is 0 Å². The fourth-order valence-corrected chi connectivity index (χ4v) is 1.38. The van der Waals surface area contributed by atoms with E-state index in [1.807, 2.05) is 13.8 Å². The molecule has 0 saturated carbocycles. The van der Waals surface area contributed by atoms with Gasteiger partial charge in [-0.1, -0.05) is 19.9 Å². The van der Waals surface area contributed by atoms with Crippen LogP contribution >= 0.6 is 0 Å². The number of nitrogens with one attached hydrogen (secondary N) is 1. The highest BCUT2D eigenvalue weighted by molar-refractivity contribution is 5.98. The number of nitro benzene ring substituents is 1. The minimum atomic E-state index is -0.538. The molecule has 1 rings (SSSR count). The van der Waals surface area contributed by atoms with Crippen molar-refractivity contribution in [1.29, 1.82) is 0 Å². The number of rotatable bonds is 4. The van der Waals surface area contributed by atoms with Crippen molar-refractivity contribution in [2.45, 2.75) is 20.8 Å². The second-order valence-electron chi connectivity index (χ2n) is 4.38. The van der Waals surface area contributed by atoms with Crippen LogP contribution < -0.4 is 5.32 Å². The molecule has 0 fully saturated rings. The monoisotopic (exact) mass is 236 g/mol. The van der Waals surface area contributed by atoms with Crippen LogP contribution in [-0.4, -0.2) is 17.4 Å². The molecule has 0 bridgehead atoms. The molecule has 0 aliphatic heterocycles. The molecule has 5 nitrogen and oxygen atoms in total. The van der Waals surface area contributed by atoms with Gasteiger partial charge >= 0.3 is 0 Å². The smallest absolute Gasteiger partial charge is 0.282 e. The standard InChI is InChI=1S/C12H16N2O3/c1-8(2)7-13-12(15)10-6-9(3)4-5-11(10)14(16)17/h4-6,8H,7H2,1-3H3,(H,13,15). The molecule has 5 heteroatoms. The number of hydrogen-bond acceptors (Lipinski definition) is 3. The zero-order valence-corrected chi connectivity index (χ0v) is 10.2. The van der Waals surface area contributed by atoms with E-state index in [1.165, 1.54) is 12.1 Å². The summed E-state index contributed by atoms with van der Waals surface area (Å²) in [6.07, 6.45) is 0. The molecule has 1 aromatic rings. The van der Waals surface area contributed by atoms with Gasteiger partial charge < -0.3 is 5.32 Å². The van der Waals surface area contributed by atoms with Crippen molar-refractivity contribution in [2.24, 2.45) is 5.92 Å². The number of amides is 1. The molecule has 0 aromatic heterocycles. The van der Waals surface area contributed by atoms with E-state index < -0.39 is 10.8 Å². The molecular formula is C12H16N2O3. The average molecular weight is 236 g/mol. The Morgan fingerprint density at radius 1 is 1.47 bits per heavy atom. The van der Waals surface area contributed by atoms with Gasteiger partial charge in [0.25, 0.3) is 11.6 Å². The first kappa shape index (κ1) is 13.2. The lowest BCUT2D eigenvalue weighted by Gasteiger charge is -2.08. The fourth-order valence-electron chi connectivity index (χ4n) is 1.38. The number of carbonyl (C=O) groups is 1. The zero-order chi connectivity index (χ0) is 13.0. The minimum absolute atomic E-state index is 0.121. The maximum atomic E-state index is 11.8. The predicted octanol–water partition coefficient (Wildman–Crippen LogP) is 2.29. The van der Waals surface area contributed by atoms with Crippen LogP contribution in [-0.2, 0) is 0 Å². The second-order valence-corrected chi connectivity index (χ2v) is 4.38. The number of aryl methyl sites for hydroxylation is 1. The number of nitro groups is 1. The molecule has 0 aliphatic carbocycles. The Kier molecular flexibility index (Phi) is 4.20. The SMILES string of the molecule is Cc1ccc([N+](=O)[O-])c(C(=O)NCC(C)C)c1. The Bertz CT molecular complexity index is 441. The predicted molar refractivity (Wildman–Crippen MR) is 65.0 cm³/mol. The van der Waals surface area contributed by atoms with Crippen molar-refractivity contribution in [3.05, 3.63) is 39.4 Å². The Labute approximate surface area is 100.0 Å². The highest BCUT2D eigenvalue weighted by atomic mass is 16.6. The number of carbonyl (C=O) groups excluding carboxylic acids is 1. The molecule has 92 valence electrons. The molecule has 0 unspecified atom stereocenters. The van der Waals surface area contributed by atoms with E-state index in [0.717, 1.165) is 5.56 Å². The summed E-state index contributed by atoms with van der Waals surface area (Å²) < 4.78 is 0. The van der Waals surface area contributed by atoms with Gasteiger partial charge in [-0.3, -0.25) is 14.9 Å². The van der Waals surface area contributed by atoms with Crippen LogP contribution in [0.4, 0.5) is 5.69 Å². The van der Waals surface area contributed by atoms with Gasteiger partial charge in [-0.05, 0) is 24.5 Å². The maximum Gasteiger partial charge on any atom is 0.282 e. The summed E-state index contributed by atoms with van der Waals surface area (Å²) in [6, 6.07) is 4.52. The quantitative estimate of drug-likeness (QED) is 0.644. The van der Waals surface area contributed by atoms with Gasteiger partial charge in [0.05, 0.1) is 4.92 Å². The highest BCUT2D eigenvalue weighted by Gasteiger charge is 2.19. The fraction of sp³-hybridized carbons (Fsp3) is 0.417. The molecule has 1 aromatic carbocycles. The zero-order valence-electron chi connectivity index (χ0n) is 10.2. The lowest BCUT2D eigenvalue weighted by Crippen LogP contribution is -2.28. The third kappa shape index (κ3) is 3.55. The van der Waals surface area contributed by atoms with Crippen LogP contribution in [0.1, 0.15) is 29.8 Å². The van der Waals surface area contributed by atoms with Crippen LogP contribution in [0.5, 0.6) is 0 Å². The van der Waals surface area contributed by atoms with Gasteiger partial charge in [0.15, 0.2) is 0 Å². The van der Waals surface area contributed by atoms with Crippen molar-refractivity contribution >= 4 is 11.6 Å². The third-order valence-electron chi connectivity index (χ3n) is 2.26. The molecule has 0 radical (unpaired) electrons. The number of hydrogen-bond donors (Lipinski definition) is 1. The lowest BCUT2D eigenvalue weighted by atomic mass is 10.1.